The molecule has 3 nitrogen and oxygen atoms in total. The fourth-order valence-corrected chi connectivity index (χ4v) is 2.49. The Kier molecular flexibility index (Phi) is 4.17. The molecular weight excluding hydrogens is 318 g/mol. The first-order chi connectivity index (χ1) is 8.54. The quantitative estimate of drug-likeness (QED) is 0.841. The van der Waals surface area contributed by atoms with Gasteiger partial charge in [0.15, 0.2) is 6.10 Å². The molecule has 1 atom stereocenters. The van der Waals surface area contributed by atoms with Crippen molar-refractivity contribution in [2.75, 3.05) is 5.33 Å². The average molecular weight is 333 g/mol. The van der Waals surface area contributed by atoms with E-state index in [0.29, 0.717) is 10.8 Å². The van der Waals surface area contributed by atoms with Gasteiger partial charge in [0.05, 0.1) is 0 Å². The Morgan fingerprint density at radius 2 is 2.33 bits per heavy atom. The summed E-state index contributed by atoms with van der Waals surface area (Å²) in [6, 6.07) is 7.04. The molecule has 1 aromatic rings. The van der Waals surface area contributed by atoms with Crippen LogP contribution in [0.5, 0.6) is 5.75 Å². The second-order valence-electron chi connectivity index (χ2n) is 4.62. The van der Waals surface area contributed by atoms with Crippen molar-refractivity contribution in [1.82, 2.24) is 5.32 Å². The van der Waals surface area contributed by atoms with Crippen LogP contribution in [0.4, 0.5) is 0 Å². The van der Waals surface area contributed by atoms with E-state index in [1.54, 1.807) is 31.2 Å². The molecule has 0 spiro atoms. The first kappa shape index (κ1) is 13.7. The summed E-state index contributed by atoms with van der Waals surface area (Å²) in [6.07, 6.45) is 1.52. The number of hydrogen-bond acceptors (Lipinski definition) is 2. The number of benzene rings is 1. The third-order valence-corrected chi connectivity index (χ3v) is 4.28. The van der Waals surface area contributed by atoms with Gasteiger partial charge < -0.3 is 10.1 Å². The van der Waals surface area contributed by atoms with Crippen molar-refractivity contribution in [2.24, 2.45) is 0 Å². The zero-order chi connectivity index (χ0) is 13.2. The van der Waals surface area contributed by atoms with Crippen molar-refractivity contribution in [1.29, 1.82) is 0 Å². The predicted molar refractivity (Wildman–Crippen MR) is 75.4 cm³/mol. The summed E-state index contributed by atoms with van der Waals surface area (Å²) in [5.74, 6) is 0.515. The van der Waals surface area contributed by atoms with Crippen LogP contribution in [0.15, 0.2) is 24.3 Å². The zero-order valence-corrected chi connectivity index (χ0v) is 12.4. The largest absolute Gasteiger partial charge is 0.481 e. The number of ether oxygens (including phenoxy) is 1. The molecule has 0 saturated heterocycles. The number of carbonyl (C=O) groups is 1. The first-order valence-corrected chi connectivity index (χ1v) is 7.35. The second-order valence-corrected chi connectivity index (χ2v) is 5.62. The normalized spacial score (nSPS) is 17.9. The minimum Gasteiger partial charge on any atom is -0.481 e. The van der Waals surface area contributed by atoms with Crippen molar-refractivity contribution in [2.45, 2.75) is 31.4 Å². The Morgan fingerprint density at radius 3 is 2.89 bits per heavy atom. The molecular formula is C13H15BrClNO2. The van der Waals surface area contributed by atoms with Gasteiger partial charge in [-0.2, -0.15) is 0 Å². The molecule has 0 bridgehead atoms. The highest BCUT2D eigenvalue weighted by atomic mass is 79.9. The summed E-state index contributed by atoms with van der Waals surface area (Å²) in [5, 5.41) is 4.39. The van der Waals surface area contributed by atoms with Gasteiger partial charge in [-0.3, -0.25) is 4.79 Å². The Morgan fingerprint density at radius 1 is 1.61 bits per heavy atom. The van der Waals surface area contributed by atoms with Gasteiger partial charge in [0.1, 0.15) is 5.75 Å². The van der Waals surface area contributed by atoms with Crippen molar-refractivity contribution < 1.29 is 9.53 Å². The molecule has 1 N–H and O–H groups in total. The van der Waals surface area contributed by atoms with Gasteiger partial charge in [0, 0.05) is 15.9 Å². The van der Waals surface area contributed by atoms with Gasteiger partial charge in [0.25, 0.3) is 5.91 Å². The predicted octanol–water partition coefficient (Wildman–Crippen LogP) is 3.15. The van der Waals surface area contributed by atoms with E-state index in [1.165, 1.54) is 0 Å². The summed E-state index contributed by atoms with van der Waals surface area (Å²) < 4.78 is 5.56. The topological polar surface area (TPSA) is 38.3 Å². The van der Waals surface area contributed by atoms with Gasteiger partial charge in [-0.15, -0.1) is 0 Å². The molecule has 5 heteroatoms. The molecule has 1 fully saturated rings. The summed E-state index contributed by atoms with van der Waals surface area (Å²) >= 11 is 9.27. The van der Waals surface area contributed by atoms with Crippen molar-refractivity contribution >= 4 is 33.4 Å². The number of rotatable bonds is 5. The lowest BCUT2D eigenvalue weighted by atomic mass is 10.2. The molecule has 0 aromatic heterocycles. The fourth-order valence-electron chi connectivity index (χ4n) is 1.60. The van der Waals surface area contributed by atoms with E-state index < -0.39 is 6.10 Å². The van der Waals surface area contributed by atoms with Crippen LogP contribution in [-0.4, -0.2) is 22.9 Å². The Bertz CT molecular complexity index is 448. The lowest BCUT2D eigenvalue weighted by Gasteiger charge is -2.19. The highest BCUT2D eigenvalue weighted by molar-refractivity contribution is 9.09. The van der Waals surface area contributed by atoms with Gasteiger partial charge in [-0.25, -0.2) is 0 Å². The molecule has 18 heavy (non-hydrogen) atoms. The van der Waals surface area contributed by atoms with Gasteiger partial charge in [-0.1, -0.05) is 33.6 Å². The van der Waals surface area contributed by atoms with E-state index in [2.05, 4.69) is 21.2 Å². The van der Waals surface area contributed by atoms with Crippen molar-refractivity contribution in [3.05, 3.63) is 29.3 Å². The van der Waals surface area contributed by atoms with E-state index >= 15 is 0 Å². The number of amides is 1. The molecule has 1 aliphatic carbocycles. The Labute approximate surface area is 120 Å². The van der Waals surface area contributed by atoms with Crippen molar-refractivity contribution in [3.8, 4) is 5.75 Å². The molecule has 0 radical (unpaired) electrons. The van der Waals surface area contributed by atoms with Gasteiger partial charge in [-0.05, 0) is 38.0 Å². The molecule has 1 aromatic carbocycles. The van der Waals surface area contributed by atoms with Crippen molar-refractivity contribution in [3.63, 3.8) is 0 Å². The SMILES string of the molecule is CC(Oc1cccc(Cl)c1)C(=O)NC1(CBr)CC1. The second kappa shape index (κ2) is 5.49. The van der Waals surface area contributed by atoms with E-state index in [-0.39, 0.29) is 11.4 Å². The number of halogens is 2. The highest BCUT2D eigenvalue weighted by Crippen LogP contribution is 2.37. The minimum atomic E-state index is -0.528. The third-order valence-electron chi connectivity index (χ3n) is 2.98. The lowest BCUT2D eigenvalue weighted by molar-refractivity contribution is -0.128. The van der Waals surface area contributed by atoms with Crippen LogP contribution in [0.1, 0.15) is 19.8 Å². The molecule has 0 heterocycles. The maximum absolute atomic E-state index is 12.0. The Balaban J connectivity index is 1.91. The van der Waals surface area contributed by atoms with E-state index in [0.717, 1.165) is 18.2 Å². The molecule has 2 rings (SSSR count). The molecule has 1 amide bonds. The average Bonchev–Trinajstić information content (AvgIpc) is 3.09. The molecule has 0 aliphatic heterocycles. The number of hydrogen-bond donors (Lipinski definition) is 1. The summed E-state index contributed by atoms with van der Waals surface area (Å²) in [4.78, 5) is 12.0. The van der Waals surface area contributed by atoms with Crippen LogP contribution in [0.2, 0.25) is 5.02 Å². The summed E-state index contributed by atoms with van der Waals surface area (Å²) in [6.45, 7) is 1.74. The van der Waals surface area contributed by atoms with Gasteiger partial charge >= 0.3 is 0 Å². The van der Waals surface area contributed by atoms with Crippen LogP contribution in [0.25, 0.3) is 0 Å². The standard InChI is InChI=1S/C13H15BrClNO2/c1-9(12(17)16-13(8-14)5-6-13)18-11-4-2-3-10(15)7-11/h2-4,7,9H,5-6,8H2,1H3,(H,16,17). The fraction of sp³-hybridized carbons (Fsp3) is 0.462. The summed E-state index contributed by atoms with van der Waals surface area (Å²) in [7, 11) is 0. The smallest absolute Gasteiger partial charge is 0.261 e. The maximum Gasteiger partial charge on any atom is 0.261 e. The summed E-state index contributed by atoms with van der Waals surface area (Å²) in [5.41, 5.74) is -0.0525. The zero-order valence-electron chi connectivity index (χ0n) is 10.1. The maximum atomic E-state index is 12.0. The van der Waals surface area contributed by atoms with E-state index in [9.17, 15) is 4.79 Å². The number of carbonyl (C=O) groups excluding carboxylic acids is 1. The number of alkyl halides is 1. The monoisotopic (exact) mass is 331 g/mol. The first-order valence-electron chi connectivity index (χ1n) is 5.85. The van der Waals surface area contributed by atoms with Crippen LogP contribution in [0.3, 0.4) is 0 Å². The van der Waals surface area contributed by atoms with Crippen LogP contribution < -0.4 is 10.1 Å². The van der Waals surface area contributed by atoms with E-state index in [4.69, 9.17) is 16.3 Å². The lowest BCUT2D eigenvalue weighted by Crippen LogP contribution is -2.44. The van der Waals surface area contributed by atoms with Crippen LogP contribution in [0, 0.1) is 0 Å². The van der Waals surface area contributed by atoms with Crippen LogP contribution >= 0.6 is 27.5 Å². The molecule has 1 aliphatic rings. The minimum absolute atomic E-state index is 0.0525. The van der Waals surface area contributed by atoms with Crippen LogP contribution in [-0.2, 0) is 4.79 Å². The van der Waals surface area contributed by atoms with E-state index in [1.807, 2.05) is 0 Å². The number of nitrogens with one attached hydrogen (secondary N) is 1. The molecule has 1 unspecified atom stereocenters. The highest BCUT2D eigenvalue weighted by Gasteiger charge is 2.43. The third kappa shape index (κ3) is 3.39. The molecule has 98 valence electrons. The van der Waals surface area contributed by atoms with Gasteiger partial charge in [0.2, 0.25) is 0 Å². The Hall–Kier alpha value is -0.740. The molecule has 1 saturated carbocycles.